The zero-order valence-electron chi connectivity index (χ0n) is 16.8. The van der Waals surface area contributed by atoms with Gasteiger partial charge in [-0.3, -0.25) is 4.99 Å². The standard InChI is InChI=1S/C23H26N2O2/c1-15-11-18(22(26)27-6)8-9-20(15)24-14-17-7-10-21-19(12-17)16(2)13-23(3,4)25(21)5/h7-14H,1-6H3. The number of carbonyl (C=O) groups is 1. The van der Waals surface area contributed by atoms with Crippen LogP contribution in [0.15, 0.2) is 47.5 Å². The number of aliphatic imine (C=N–C) groups is 1. The molecule has 1 aliphatic rings. The molecule has 2 aromatic rings. The lowest BCUT2D eigenvalue weighted by atomic mass is 9.89. The van der Waals surface area contributed by atoms with E-state index in [1.807, 2.05) is 19.2 Å². The number of aryl methyl sites for hydroxylation is 1. The maximum atomic E-state index is 11.6. The summed E-state index contributed by atoms with van der Waals surface area (Å²) in [4.78, 5) is 18.5. The zero-order valence-corrected chi connectivity index (χ0v) is 16.8. The summed E-state index contributed by atoms with van der Waals surface area (Å²) in [6.07, 6.45) is 4.17. The van der Waals surface area contributed by atoms with Gasteiger partial charge in [0.15, 0.2) is 0 Å². The molecule has 0 unspecified atom stereocenters. The van der Waals surface area contributed by atoms with Crippen molar-refractivity contribution >= 4 is 29.1 Å². The molecule has 0 N–H and O–H groups in total. The van der Waals surface area contributed by atoms with Gasteiger partial charge in [-0.15, -0.1) is 0 Å². The first-order valence-corrected chi connectivity index (χ1v) is 9.03. The van der Waals surface area contributed by atoms with Crippen molar-refractivity contribution < 1.29 is 9.53 Å². The van der Waals surface area contributed by atoms with Crippen LogP contribution < -0.4 is 4.90 Å². The third-order valence-corrected chi connectivity index (χ3v) is 5.21. The van der Waals surface area contributed by atoms with E-state index in [1.54, 1.807) is 12.1 Å². The molecule has 0 fully saturated rings. The molecule has 0 saturated carbocycles. The van der Waals surface area contributed by atoms with E-state index in [2.05, 4.69) is 62.0 Å². The number of carbonyl (C=O) groups excluding carboxylic acids is 1. The maximum Gasteiger partial charge on any atom is 0.337 e. The molecule has 0 aromatic heterocycles. The molecule has 1 aliphatic heterocycles. The number of hydrogen-bond acceptors (Lipinski definition) is 4. The van der Waals surface area contributed by atoms with E-state index in [1.165, 1.54) is 23.9 Å². The molecule has 0 amide bonds. The molecule has 4 nitrogen and oxygen atoms in total. The van der Waals surface area contributed by atoms with Crippen LogP contribution in [-0.4, -0.2) is 31.9 Å². The van der Waals surface area contributed by atoms with E-state index in [0.717, 1.165) is 16.8 Å². The number of allylic oxidation sites excluding steroid dienone is 1. The summed E-state index contributed by atoms with van der Waals surface area (Å²) in [5.41, 5.74) is 7.11. The van der Waals surface area contributed by atoms with Crippen LogP contribution in [0, 0.1) is 6.92 Å². The fraction of sp³-hybridized carbons (Fsp3) is 0.304. The number of methoxy groups -OCH3 is 1. The van der Waals surface area contributed by atoms with Crippen LogP contribution in [0.3, 0.4) is 0 Å². The number of esters is 1. The molecule has 3 rings (SSSR count). The summed E-state index contributed by atoms with van der Waals surface area (Å²) in [5.74, 6) is -0.336. The van der Waals surface area contributed by atoms with Gasteiger partial charge in [0.25, 0.3) is 0 Å². The number of hydrogen-bond donors (Lipinski definition) is 0. The SMILES string of the molecule is COC(=O)c1ccc(N=Cc2ccc3c(c2)C(C)=CC(C)(C)N3C)c(C)c1. The largest absolute Gasteiger partial charge is 0.465 e. The Morgan fingerprint density at radius 3 is 2.56 bits per heavy atom. The molecule has 4 heteroatoms. The highest BCUT2D eigenvalue weighted by atomic mass is 16.5. The van der Waals surface area contributed by atoms with Crippen molar-refractivity contribution in [3.05, 3.63) is 64.7 Å². The van der Waals surface area contributed by atoms with Crippen molar-refractivity contribution in [2.45, 2.75) is 33.2 Å². The smallest absolute Gasteiger partial charge is 0.337 e. The van der Waals surface area contributed by atoms with Gasteiger partial charge in [-0.2, -0.15) is 0 Å². The van der Waals surface area contributed by atoms with Crippen molar-refractivity contribution in [1.29, 1.82) is 0 Å². The Hall–Kier alpha value is -2.88. The summed E-state index contributed by atoms with van der Waals surface area (Å²) >= 11 is 0. The number of fused-ring (bicyclic) bond motifs is 1. The molecule has 27 heavy (non-hydrogen) atoms. The minimum atomic E-state index is -0.336. The monoisotopic (exact) mass is 362 g/mol. The van der Waals surface area contributed by atoms with E-state index in [9.17, 15) is 4.79 Å². The van der Waals surface area contributed by atoms with Crippen molar-refractivity contribution in [2.75, 3.05) is 19.1 Å². The zero-order chi connectivity index (χ0) is 19.8. The number of likely N-dealkylation sites (N-methyl/N-ethyl adjacent to an activating group) is 1. The van der Waals surface area contributed by atoms with Crippen LogP contribution in [0.4, 0.5) is 11.4 Å². The van der Waals surface area contributed by atoms with E-state index in [4.69, 9.17) is 4.74 Å². The topological polar surface area (TPSA) is 41.9 Å². The maximum absolute atomic E-state index is 11.6. The fourth-order valence-corrected chi connectivity index (χ4v) is 3.45. The van der Waals surface area contributed by atoms with Gasteiger partial charge in [-0.05, 0) is 74.7 Å². The molecule has 0 aliphatic carbocycles. The number of anilines is 1. The van der Waals surface area contributed by atoms with Gasteiger partial charge in [0.05, 0.1) is 23.9 Å². The highest BCUT2D eigenvalue weighted by molar-refractivity contribution is 5.91. The molecule has 0 spiro atoms. The van der Waals surface area contributed by atoms with E-state index in [-0.39, 0.29) is 11.5 Å². The normalized spacial score (nSPS) is 15.5. The Labute approximate surface area is 161 Å². The van der Waals surface area contributed by atoms with Crippen LogP contribution in [0.2, 0.25) is 0 Å². The average molecular weight is 362 g/mol. The van der Waals surface area contributed by atoms with Gasteiger partial charge in [0.1, 0.15) is 0 Å². The lowest BCUT2D eigenvalue weighted by molar-refractivity contribution is 0.0600. The van der Waals surface area contributed by atoms with Crippen molar-refractivity contribution in [3.8, 4) is 0 Å². The van der Waals surface area contributed by atoms with Gasteiger partial charge in [0, 0.05) is 24.5 Å². The van der Waals surface area contributed by atoms with Gasteiger partial charge in [0.2, 0.25) is 0 Å². The first-order valence-electron chi connectivity index (χ1n) is 9.03. The highest BCUT2D eigenvalue weighted by Gasteiger charge is 2.28. The first-order chi connectivity index (χ1) is 12.7. The minimum absolute atomic E-state index is 0.00514. The van der Waals surface area contributed by atoms with Crippen LogP contribution >= 0.6 is 0 Å². The predicted molar refractivity (Wildman–Crippen MR) is 112 cm³/mol. The average Bonchev–Trinajstić information content (AvgIpc) is 2.64. The summed E-state index contributed by atoms with van der Waals surface area (Å²) in [7, 11) is 3.51. The summed E-state index contributed by atoms with van der Waals surface area (Å²) in [5, 5.41) is 0. The Bertz CT molecular complexity index is 955. The summed E-state index contributed by atoms with van der Waals surface area (Å²) < 4.78 is 4.76. The van der Waals surface area contributed by atoms with Gasteiger partial charge >= 0.3 is 5.97 Å². The number of rotatable bonds is 3. The van der Waals surface area contributed by atoms with Gasteiger partial charge in [-0.1, -0.05) is 12.1 Å². The molecule has 0 bridgehead atoms. The summed E-state index contributed by atoms with van der Waals surface area (Å²) in [6, 6.07) is 11.8. The molecule has 0 atom stereocenters. The summed E-state index contributed by atoms with van der Waals surface area (Å²) in [6.45, 7) is 8.53. The Morgan fingerprint density at radius 2 is 1.89 bits per heavy atom. The van der Waals surface area contributed by atoms with Crippen LogP contribution in [0.25, 0.3) is 5.57 Å². The van der Waals surface area contributed by atoms with Crippen LogP contribution in [0.1, 0.15) is 47.8 Å². The van der Waals surface area contributed by atoms with Crippen molar-refractivity contribution in [3.63, 3.8) is 0 Å². The van der Waals surface area contributed by atoms with Crippen molar-refractivity contribution in [1.82, 2.24) is 0 Å². The van der Waals surface area contributed by atoms with E-state index < -0.39 is 0 Å². The van der Waals surface area contributed by atoms with Crippen molar-refractivity contribution in [2.24, 2.45) is 4.99 Å². The minimum Gasteiger partial charge on any atom is -0.465 e. The van der Waals surface area contributed by atoms with E-state index >= 15 is 0 Å². The first kappa shape index (κ1) is 18.9. The second-order valence-corrected chi connectivity index (χ2v) is 7.57. The third kappa shape index (κ3) is 3.65. The number of ether oxygens (including phenoxy) is 1. The fourth-order valence-electron chi connectivity index (χ4n) is 3.45. The Morgan fingerprint density at radius 1 is 1.15 bits per heavy atom. The predicted octanol–water partition coefficient (Wildman–Crippen LogP) is 5.16. The quantitative estimate of drug-likeness (QED) is 0.559. The lowest BCUT2D eigenvalue weighted by Gasteiger charge is -2.40. The molecule has 140 valence electrons. The number of nitrogens with zero attached hydrogens (tertiary/aromatic N) is 2. The molecule has 1 heterocycles. The second kappa shape index (κ2) is 7.03. The second-order valence-electron chi connectivity index (χ2n) is 7.57. The van der Waals surface area contributed by atoms with E-state index in [0.29, 0.717) is 5.56 Å². The van der Waals surface area contributed by atoms with Gasteiger partial charge in [-0.25, -0.2) is 4.79 Å². The van der Waals surface area contributed by atoms with Gasteiger partial charge < -0.3 is 9.64 Å². The molecule has 0 saturated heterocycles. The third-order valence-electron chi connectivity index (χ3n) is 5.21. The molecular weight excluding hydrogens is 336 g/mol. The highest BCUT2D eigenvalue weighted by Crippen LogP contribution is 2.38. The Kier molecular flexibility index (Phi) is 4.92. The Balaban J connectivity index is 1.90. The van der Waals surface area contributed by atoms with Crippen LogP contribution in [-0.2, 0) is 4.74 Å². The molecule has 0 radical (unpaired) electrons. The number of benzene rings is 2. The molecular formula is C23H26N2O2. The molecule has 2 aromatic carbocycles. The van der Waals surface area contributed by atoms with Crippen LogP contribution in [0.5, 0.6) is 0 Å². The lowest BCUT2D eigenvalue weighted by Crippen LogP contribution is -2.42.